The molecule has 5 rings (SSSR count). The summed E-state index contributed by atoms with van der Waals surface area (Å²) in [6.07, 6.45) is 7.48. The van der Waals surface area contributed by atoms with Gasteiger partial charge in [-0.3, -0.25) is 9.36 Å². The van der Waals surface area contributed by atoms with Crippen molar-refractivity contribution in [3.63, 3.8) is 0 Å². The van der Waals surface area contributed by atoms with Gasteiger partial charge in [0.15, 0.2) is 5.52 Å². The van der Waals surface area contributed by atoms with Crippen molar-refractivity contribution in [2.75, 3.05) is 0 Å². The van der Waals surface area contributed by atoms with Crippen molar-refractivity contribution in [3.05, 3.63) is 95.4 Å². The van der Waals surface area contributed by atoms with E-state index in [-0.39, 0.29) is 5.56 Å². The van der Waals surface area contributed by atoms with E-state index in [0.29, 0.717) is 17.6 Å². The van der Waals surface area contributed by atoms with E-state index in [9.17, 15) is 4.79 Å². The zero-order chi connectivity index (χ0) is 19.1. The third-order valence-electron chi connectivity index (χ3n) is 5.02. The standard InChI is InChI=1S/C23H18N4O/c1-26-13-18-4-2-5-19(20(18)14-26)17-9-7-16(8-10-17)12-27-15-25-21-6-3-11-24-22(21)23(27)28/h2-11,13-15H,12H2,1H3. The Balaban J connectivity index is 1.49. The molecule has 0 fully saturated rings. The summed E-state index contributed by atoms with van der Waals surface area (Å²) in [5.74, 6) is 0. The molecule has 0 amide bonds. The molecule has 0 radical (unpaired) electrons. The second kappa shape index (κ2) is 6.46. The monoisotopic (exact) mass is 366 g/mol. The molecule has 2 aromatic carbocycles. The summed E-state index contributed by atoms with van der Waals surface area (Å²) in [6.45, 7) is 0.466. The highest BCUT2D eigenvalue weighted by Crippen LogP contribution is 2.29. The van der Waals surface area contributed by atoms with Crippen molar-refractivity contribution in [3.8, 4) is 11.1 Å². The Labute approximate surface area is 161 Å². The van der Waals surface area contributed by atoms with Crippen LogP contribution in [0.1, 0.15) is 5.56 Å². The summed E-state index contributed by atoms with van der Waals surface area (Å²) < 4.78 is 3.68. The maximum Gasteiger partial charge on any atom is 0.280 e. The molecule has 5 heteroatoms. The molecule has 3 heterocycles. The molecular formula is C23H18N4O. The molecule has 0 aliphatic carbocycles. The van der Waals surface area contributed by atoms with E-state index in [1.54, 1.807) is 29.2 Å². The first-order valence-electron chi connectivity index (χ1n) is 9.13. The molecule has 0 bridgehead atoms. The van der Waals surface area contributed by atoms with Crippen LogP contribution in [0.25, 0.3) is 32.9 Å². The minimum Gasteiger partial charge on any atom is -0.356 e. The van der Waals surface area contributed by atoms with Gasteiger partial charge in [0.1, 0.15) is 0 Å². The summed E-state index contributed by atoms with van der Waals surface area (Å²) in [7, 11) is 2.04. The Morgan fingerprint density at radius 3 is 2.64 bits per heavy atom. The number of aromatic nitrogens is 4. The van der Waals surface area contributed by atoms with Crippen LogP contribution in [0.2, 0.25) is 0 Å². The van der Waals surface area contributed by atoms with Crippen molar-refractivity contribution in [2.45, 2.75) is 6.54 Å². The highest BCUT2D eigenvalue weighted by atomic mass is 16.1. The maximum atomic E-state index is 12.6. The Morgan fingerprint density at radius 1 is 0.929 bits per heavy atom. The molecular weight excluding hydrogens is 348 g/mol. The van der Waals surface area contributed by atoms with Crippen LogP contribution in [-0.4, -0.2) is 19.1 Å². The van der Waals surface area contributed by atoms with Gasteiger partial charge in [-0.2, -0.15) is 0 Å². The summed E-state index contributed by atoms with van der Waals surface area (Å²) in [5.41, 5.74) is 4.31. The molecule has 0 spiro atoms. The average molecular weight is 366 g/mol. The number of nitrogens with zero attached hydrogens (tertiary/aromatic N) is 4. The third kappa shape index (κ3) is 2.77. The molecule has 0 saturated carbocycles. The predicted octanol–water partition coefficient (Wildman–Crippen LogP) is 4.00. The quantitative estimate of drug-likeness (QED) is 0.485. The molecule has 0 saturated heterocycles. The molecule has 0 aliphatic heterocycles. The lowest BCUT2D eigenvalue weighted by molar-refractivity contribution is 0.746. The number of rotatable bonds is 3. The summed E-state index contributed by atoms with van der Waals surface area (Å²) in [6, 6.07) is 18.3. The van der Waals surface area contributed by atoms with Gasteiger partial charge in [0, 0.05) is 31.0 Å². The number of fused-ring (bicyclic) bond motifs is 2. The van der Waals surface area contributed by atoms with Gasteiger partial charge in [0.2, 0.25) is 0 Å². The highest BCUT2D eigenvalue weighted by molar-refractivity contribution is 5.96. The summed E-state index contributed by atoms with van der Waals surface area (Å²) in [4.78, 5) is 21.1. The van der Waals surface area contributed by atoms with Crippen molar-refractivity contribution in [1.29, 1.82) is 0 Å². The number of pyridine rings is 1. The van der Waals surface area contributed by atoms with Gasteiger partial charge in [-0.1, -0.05) is 42.5 Å². The first-order chi connectivity index (χ1) is 13.7. The van der Waals surface area contributed by atoms with Gasteiger partial charge in [-0.05, 0) is 34.2 Å². The molecule has 5 nitrogen and oxygen atoms in total. The van der Waals surface area contributed by atoms with Crippen LogP contribution in [0.4, 0.5) is 0 Å². The Hall–Kier alpha value is -3.73. The largest absolute Gasteiger partial charge is 0.356 e. The second-order valence-electron chi connectivity index (χ2n) is 6.98. The zero-order valence-corrected chi connectivity index (χ0v) is 15.4. The highest BCUT2D eigenvalue weighted by Gasteiger charge is 2.08. The summed E-state index contributed by atoms with van der Waals surface area (Å²) >= 11 is 0. The van der Waals surface area contributed by atoms with Gasteiger partial charge in [-0.25, -0.2) is 9.97 Å². The first-order valence-corrected chi connectivity index (χ1v) is 9.13. The van der Waals surface area contributed by atoms with Gasteiger partial charge in [0.25, 0.3) is 5.56 Å². The average Bonchev–Trinajstić information content (AvgIpc) is 3.11. The number of hydrogen-bond donors (Lipinski definition) is 0. The zero-order valence-electron chi connectivity index (χ0n) is 15.4. The van der Waals surface area contributed by atoms with Crippen molar-refractivity contribution >= 4 is 21.8 Å². The van der Waals surface area contributed by atoms with Crippen LogP contribution in [0.3, 0.4) is 0 Å². The maximum absolute atomic E-state index is 12.6. The van der Waals surface area contributed by atoms with E-state index in [1.807, 2.05) is 7.05 Å². The fourth-order valence-corrected chi connectivity index (χ4v) is 3.64. The summed E-state index contributed by atoms with van der Waals surface area (Å²) in [5, 5.41) is 2.46. The molecule has 28 heavy (non-hydrogen) atoms. The fraction of sp³-hybridized carbons (Fsp3) is 0.0870. The predicted molar refractivity (Wildman–Crippen MR) is 111 cm³/mol. The molecule has 0 N–H and O–H groups in total. The Kier molecular flexibility index (Phi) is 3.79. The van der Waals surface area contributed by atoms with E-state index >= 15 is 0 Å². The molecule has 3 aromatic heterocycles. The van der Waals surface area contributed by atoms with E-state index < -0.39 is 0 Å². The first kappa shape index (κ1) is 16.4. The van der Waals surface area contributed by atoms with E-state index in [4.69, 9.17) is 0 Å². The van der Waals surface area contributed by atoms with Crippen LogP contribution >= 0.6 is 0 Å². The molecule has 136 valence electrons. The van der Waals surface area contributed by atoms with Gasteiger partial charge in [0.05, 0.1) is 18.4 Å². The van der Waals surface area contributed by atoms with E-state index in [0.717, 1.165) is 11.1 Å². The van der Waals surface area contributed by atoms with Crippen molar-refractivity contribution in [2.24, 2.45) is 7.05 Å². The van der Waals surface area contributed by atoms with Crippen LogP contribution in [0.5, 0.6) is 0 Å². The van der Waals surface area contributed by atoms with Crippen LogP contribution in [0.15, 0.2) is 84.3 Å². The normalized spacial score (nSPS) is 11.3. The molecule has 5 aromatic rings. The molecule has 0 unspecified atom stereocenters. The van der Waals surface area contributed by atoms with Crippen molar-refractivity contribution < 1.29 is 0 Å². The Morgan fingerprint density at radius 2 is 1.79 bits per heavy atom. The van der Waals surface area contributed by atoms with Gasteiger partial charge >= 0.3 is 0 Å². The lowest BCUT2D eigenvalue weighted by Gasteiger charge is -2.08. The number of aryl methyl sites for hydroxylation is 1. The van der Waals surface area contributed by atoms with Crippen LogP contribution in [-0.2, 0) is 13.6 Å². The molecule has 0 atom stereocenters. The molecule has 0 aliphatic rings. The third-order valence-corrected chi connectivity index (χ3v) is 5.02. The van der Waals surface area contributed by atoms with E-state index in [2.05, 4.69) is 69.4 Å². The SMILES string of the molecule is Cn1cc2cccc(-c3ccc(Cn4cnc5cccnc5c4=O)cc3)c2c1. The number of hydrogen-bond acceptors (Lipinski definition) is 3. The van der Waals surface area contributed by atoms with E-state index in [1.165, 1.54) is 16.3 Å². The van der Waals surface area contributed by atoms with Gasteiger partial charge in [-0.15, -0.1) is 0 Å². The number of benzene rings is 2. The van der Waals surface area contributed by atoms with Gasteiger partial charge < -0.3 is 4.57 Å². The van der Waals surface area contributed by atoms with Crippen LogP contribution in [0, 0.1) is 0 Å². The minimum atomic E-state index is -0.122. The minimum absolute atomic E-state index is 0.122. The van der Waals surface area contributed by atoms with Crippen LogP contribution < -0.4 is 5.56 Å². The lowest BCUT2D eigenvalue weighted by Crippen LogP contribution is -2.21. The topological polar surface area (TPSA) is 52.7 Å². The smallest absolute Gasteiger partial charge is 0.280 e. The Bertz CT molecular complexity index is 1360. The van der Waals surface area contributed by atoms with Crippen molar-refractivity contribution in [1.82, 2.24) is 19.1 Å². The lowest BCUT2D eigenvalue weighted by atomic mass is 10.00. The second-order valence-corrected chi connectivity index (χ2v) is 6.98. The fourth-order valence-electron chi connectivity index (χ4n) is 3.64.